The van der Waals surface area contributed by atoms with Crippen molar-refractivity contribution in [3.05, 3.63) is 93.5 Å². The Morgan fingerprint density at radius 1 is 1.05 bits per heavy atom. The SMILES string of the molecule is Cc1cc2c(c(C(=O)N(CC(=O)O)Cc3cccc(C(=O)O)c3)c1)CC(=O)c1ccc(N=C(N)N)cc1CCCO2. The number of fused-ring (bicyclic) bond motifs is 2. The van der Waals surface area contributed by atoms with Gasteiger partial charge >= 0.3 is 11.9 Å². The number of carbonyl (C=O) groups is 4. The molecule has 3 aromatic rings. The standard InChI is InChI=1S/C30H30N4O7/c1-17-10-24(28(38)34(16-27(36)37)15-18-4-2-5-20(12-18)29(39)40)23-14-25(35)22-8-7-21(33-30(31)32)13-19(22)6-3-9-41-26(23)11-17/h2,4-5,7-8,10-13H,3,6,9,14-16H2,1H3,(H,36,37)(H,39,40)(H4,31,32,33). The number of ketones is 1. The molecule has 0 aromatic heterocycles. The lowest BCUT2D eigenvalue weighted by atomic mass is 9.91. The lowest BCUT2D eigenvalue weighted by Crippen LogP contribution is -2.36. The van der Waals surface area contributed by atoms with Crippen LogP contribution in [0.4, 0.5) is 5.69 Å². The van der Waals surface area contributed by atoms with Gasteiger partial charge in [0.25, 0.3) is 5.91 Å². The molecule has 0 fully saturated rings. The second-order valence-electron chi connectivity index (χ2n) is 9.78. The van der Waals surface area contributed by atoms with Gasteiger partial charge in [0.05, 0.1) is 17.9 Å². The Kier molecular flexibility index (Phi) is 8.66. The maximum Gasteiger partial charge on any atom is 0.335 e. The van der Waals surface area contributed by atoms with Crippen LogP contribution in [0.15, 0.2) is 59.6 Å². The van der Waals surface area contributed by atoms with Crippen LogP contribution in [-0.2, 0) is 24.2 Å². The van der Waals surface area contributed by atoms with Gasteiger partial charge < -0.3 is 31.3 Å². The molecule has 0 saturated carbocycles. The van der Waals surface area contributed by atoms with Crippen molar-refractivity contribution in [1.82, 2.24) is 4.90 Å². The van der Waals surface area contributed by atoms with Gasteiger partial charge in [0.2, 0.25) is 0 Å². The van der Waals surface area contributed by atoms with Crippen molar-refractivity contribution in [2.75, 3.05) is 13.2 Å². The van der Waals surface area contributed by atoms with E-state index < -0.39 is 24.4 Å². The number of hydrogen-bond acceptors (Lipinski definition) is 6. The number of Topliss-reactive ketones (excluding diaryl/α,β-unsaturated/α-hetero) is 1. The highest BCUT2D eigenvalue weighted by molar-refractivity contribution is 6.03. The number of nitrogens with two attached hydrogens (primary N) is 2. The van der Waals surface area contributed by atoms with E-state index in [-0.39, 0.29) is 35.8 Å². The van der Waals surface area contributed by atoms with E-state index in [0.29, 0.717) is 53.1 Å². The molecule has 1 heterocycles. The highest BCUT2D eigenvalue weighted by atomic mass is 16.5. The fraction of sp³-hybridized carbons (Fsp3) is 0.233. The van der Waals surface area contributed by atoms with E-state index >= 15 is 0 Å². The number of carbonyl (C=O) groups excluding carboxylic acids is 2. The van der Waals surface area contributed by atoms with Crippen LogP contribution < -0.4 is 16.2 Å². The highest BCUT2D eigenvalue weighted by Crippen LogP contribution is 2.31. The molecule has 1 aliphatic rings. The van der Waals surface area contributed by atoms with Gasteiger partial charge in [-0.15, -0.1) is 0 Å². The number of ether oxygens (including phenoxy) is 1. The van der Waals surface area contributed by atoms with Crippen molar-refractivity contribution in [2.45, 2.75) is 32.7 Å². The van der Waals surface area contributed by atoms with Gasteiger partial charge in [-0.2, -0.15) is 0 Å². The van der Waals surface area contributed by atoms with Crippen LogP contribution in [0.2, 0.25) is 0 Å². The lowest BCUT2D eigenvalue weighted by molar-refractivity contribution is -0.137. The Morgan fingerprint density at radius 2 is 1.83 bits per heavy atom. The summed E-state index contributed by atoms with van der Waals surface area (Å²) in [6.07, 6.45) is 0.956. The fourth-order valence-electron chi connectivity index (χ4n) is 4.82. The number of guanidine groups is 1. The van der Waals surface area contributed by atoms with Gasteiger partial charge in [-0.1, -0.05) is 12.1 Å². The molecule has 0 radical (unpaired) electrons. The van der Waals surface area contributed by atoms with Gasteiger partial charge in [-0.3, -0.25) is 14.4 Å². The number of carboxylic acid groups (broad SMARTS) is 2. The molecule has 0 atom stereocenters. The van der Waals surface area contributed by atoms with Crippen molar-refractivity contribution in [1.29, 1.82) is 0 Å². The van der Waals surface area contributed by atoms with Crippen LogP contribution in [0.5, 0.6) is 5.75 Å². The second-order valence-corrected chi connectivity index (χ2v) is 9.78. The van der Waals surface area contributed by atoms with Crippen molar-refractivity contribution in [3.63, 3.8) is 0 Å². The molecule has 11 nitrogen and oxygen atoms in total. The summed E-state index contributed by atoms with van der Waals surface area (Å²) in [5.74, 6) is -2.98. The van der Waals surface area contributed by atoms with Crippen LogP contribution in [0.3, 0.4) is 0 Å². The maximum absolute atomic E-state index is 13.9. The van der Waals surface area contributed by atoms with E-state index in [4.69, 9.17) is 16.2 Å². The summed E-state index contributed by atoms with van der Waals surface area (Å²) in [6, 6.07) is 14.3. The number of aliphatic imine (C=N–C) groups is 1. The number of amides is 1. The third-order valence-electron chi connectivity index (χ3n) is 6.58. The normalized spacial score (nSPS) is 12.8. The van der Waals surface area contributed by atoms with E-state index in [9.17, 15) is 29.4 Å². The topological polar surface area (TPSA) is 186 Å². The predicted octanol–water partition coefficient (Wildman–Crippen LogP) is 3.08. The number of rotatable bonds is 7. The van der Waals surface area contributed by atoms with Crippen LogP contribution in [0.25, 0.3) is 0 Å². The molecule has 0 bridgehead atoms. The summed E-state index contributed by atoms with van der Waals surface area (Å²) >= 11 is 0. The first-order chi connectivity index (χ1) is 19.5. The van der Waals surface area contributed by atoms with E-state index in [2.05, 4.69) is 4.99 Å². The quantitative estimate of drug-likeness (QED) is 0.250. The van der Waals surface area contributed by atoms with Crippen LogP contribution >= 0.6 is 0 Å². The van der Waals surface area contributed by atoms with Gasteiger partial charge in [0.1, 0.15) is 12.3 Å². The molecule has 0 saturated heterocycles. The highest BCUT2D eigenvalue weighted by Gasteiger charge is 2.27. The minimum Gasteiger partial charge on any atom is -0.493 e. The minimum atomic E-state index is -1.24. The number of aliphatic carboxylic acids is 1. The monoisotopic (exact) mass is 558 g/mol. The van der Waals surface area contributed by atoms with Crippen molar-refractivity contribution in [2.24, 2.45) is 16.5 Å². The summed E-state index contributed by atoms with van der Waals surface area (Å²) < 4.78 is 6.04. The zero-order chi connectivity index (χ0) is 29.7. The average Bonchev–Trinajstić information content (AvgIpc) is 2.90. The smallest absolute Gasteiger partial charge is 0.335 e. The Labute approximate surface area is 236 Å². The van der Waals surface area contributed by atoms with E-state index in [1.165, 1.54) is 18.2 Å². The van der Waals surface area contributed by atoms with Crippen molar-refractivity contribution < 1.29 is 34.1 Å². The summed E-state index contributed by atoms with van der Waals surface area (Å²) in [7, 11) is 0. The summed E-state index contributed by atoms with van der Waals surface area (Å²) in [5.41, 5.74) is 14.4. The van der Waals surface area contributed by atoms with Gasteiger partial charge in [-0.05, 0) is 78.9 Å². The van der Waals surface area contributed by atoms with Crippen LogP contribution in [-0.4, -0.2) is 57.9 Å². The first-order valence-electron chi connectivity index (χ1n) is 12.9. The fourth-order valence-corrected chi connectivity index (χ4v) is 4.82. The summed E-state index contributed by atoms with van der Waals surface area (Å²) in [4.78, 5) is 55.9. The summed E-state index contributed by atoms with van der Waals surface area (Å²) in [5, 5.41) is 18.9. The number of hydrogen-bond donors (Lipinski definition) is 4. The molecular weight excluding hydrogens is 528 g/mol. The minimum absolute atomic E-state index is 0.0128. The van der Waals surface area contributed by atoms with Gasteiger partial charge in [0.15, 0.2) is 11.7 Å². The molecule has 212 valence electrons. The number of aromatic carboxylic acids is 1. The zero-order valence-corrected chi connectivity index (χ0v) is 22.4. The summed E-state index contributed by atoms with van der Waals surface area (Å²) in [6.45, 7) is 1.30. The second kappa shape index (κ2) is 12.3. The third kappa shape index (κ3) is 7.07. The molecule has 6 N–H and O–H groups in total. The van der Waals surface area contributed by atoms with Crippen LogP contribution in [0, 0.1) is 6.92 Å². The molecule has 0 aliphatic carbocycles. The molecule has 1 aliphatic heterocycles. The number of aryl methyl sites for hydroxylation is 2. The molecule has 41 heavy (non-hydrogen) atoms. The van der Waals surface area contributed by atoms with E-state index in [1.807, 2.05) is 0 Å². The Hall–Kier alpha value is -5.19. The predicted molar refractivity (Wildman–Crippen MR) is 151 cm³/mol. The third-order valence-corrected chi connectivity index (χ3v) is 6.58. The first-order valence-corrected chi connectivity index (χ1v) is 12.9. The molecule has 0 spiro atoms. The molecule has 4 rings (SSSR count). The molecule has 3 aromatic carbocycles. The van der Waals surface area contributed by atoms with Gasteiger partial charge in [-0.25, -0.2) is 9.79 Å². The molecular formula is C30H30N4O7. The van der Waals surface area contributed by atoms with E-state index in [0.717, 1.165) is 10.5 Å². The zero-order valence-electron chi connectivity index (χ0n) is 22.4. The van der Waals surface area contributed by atoms with Gasteiger partial charge in [0, 0.05) is 29.7 Å². The lowest BCUT2D eigenvalue weighted by Gasteiger charge is -2.24. The first kappa shape index (κ1) is 28.8. The van der Waals surface area contributed by atoms with Crippen LogP contribution in [0.1, 0.15) is 59.7 Å². The van der Waals surface area contributed by atoms with Crippen molar-refractivity contribution >= 4 is 35.3 Å². The number of benzene rings is 3. The largest absolute Gasteiger partial charge is 0.493 e. The average molecular weight is 559 g/mol. The molecule has 1 amide bonds. The molecule has 11 heteroatoms. The van der Waals surface area contributed by atoms with E-state index in [1.54, 1.807) is 43.3 Å². The Bertz CT molecular complexity index is 1560. The van der Waals surface area contributed by atoms with Crippen molar-refractivity contribution in [3.8, 4) is 5.75 Å². The number of nitrogens with zero attached hydrogens (tertiary/aromatic N) is 2. The maximum atomic E-state index is 13.9. The Balaban J connectivity index is 1.75. The number of carboxylic acids is 2. The Morgan fingerprint density at radius 3 is 2.54 bits per heavy atom. The molecule has 0 unspecified atom stereocenters.